The van der Waals surface area contributed by atoms with E-state index in [0.717, 1.165) is 6.07 Å². The first-order valence-corrected chi connectivity index (χ1v) is 11.1. The van der Waals surface area contributed by atoms with Crippen LogP contribution in [-0.2, 0) is 11.7 Å². The number of alkyl halides is 5. The van der Waals surface area contributed by atoms with Crippen LogP contribution in [0.1, 0.15) is 43.5 Å². The Morgan fingerprint density at radius 2 is 1.78 bits per heavy atom. The van der Waals surface area contributed by atoms with Crippen LogP contribution in [0.5, 0.6) is 0 Å². The molecule has 0 bridgehead atoms. The van der Waals surface area contributed by atoms with Gasteiger partial charge in [0.05, 0.1) is 0 Å². The molecule has 2 aliphatic rings. The van der Waals surface area contributed by atoms with E-state index in [1.807, 2.05) is 0 Å². The normalized spacial score (nSPS) is 19.9. The Balaban J connectivity index is 1.49. The molecule has 2 saturated carbocycles. The number of anilines is 3. The molecule has 0 aliphatic heterocycles. The number of nitrogens with zero attached hydrogens (tertiary/aromatic N) is 6. The topological polar surface area (TPSA) is 92.9 Å². The van der Waals surface area contributed by atoms with Crippen LogP contribution in [0, 0.1) is 6.57 Å². The molecule has 5 rings (SSSR count). The Bertz CT molecular complexity index is 1330. The lowest BCUT2D eigenvalue weighted by molar-refractivity contribution is -0.141. The first kappa shape index (κ1) is 23.8. The molecule has 186 valence electrons. The Hall–Kier alpha value is -3.95. The maximum absolute atomic E-state index is 13.7. The van der Waals surface area contributed by atoms with E-state index < -0.39 is 35.8 Å². The van der Waals surface area contributed by atoms with Crippen molar-refractivity contribution in [3.63, 3.8) is 0 Å². The van der Waals surface area contributed by atoms with Crippen LogP contribution in [0.15, 0.2) is 36.5 Å². The van der Waals surface area contributed by atoms with Crippen molar-refractivity contribution in [3.8, 4) is 11.5 Å². The van der Waals surface area contributed by atoms with Gasteiger partial charge in [-0.1, -0.05) is 6.07 Å². The summed E-state index contributed by atoms with van der Waals surface area (Å²) in [5, 5.41) is 5.81. The highest BCUT2D eigenvalue weighted by molar-refractivity contribution is 5.59. The summed E-state index contributed by atoms with van der Waals surface area (Å²) in [7, 11) is 0. The molecule has 1 atom stereocenters. The predicted octanol–water partition coefficient (Wildman–Crippen LogP) is 5.60. The van der Waals surface area contributed by atoms with E-state index >= 15 is 0 Å². The van der Waals surface area contributed by atoms with Crippen molar-refractivity contribution >= 4 is 17.6 Å². The fraction of sp³-hybridized carbons (Fsp3) is 0.391. The van der Waals surface area contributed by atoms with Gasteiger partial charge in [-0.05, 0) is 30.7 Å². The van der Waals surface area contributed by atoms with Gasteiger partial charge in [0.2, 0.25) is 17.8 Å². The van der Waals surface area contributed by atoms with Crippen LogP contribution < -0.4 is 10.6 Å². The van der Waals surface area contributed by atoms with Gasteiger partial charge in [0.25, 0.3) is 5.54 Å². The zero-order valence-corrected chi connectivity index (χ0v) is 18.7. The van der Waals surface area contributed by atoms with Crippen LogP contribution >= 0.6 is 0 Å². The van der Waals surface area contributed by atoms with Gasteiger partial charge in [0.15, 0.2) is 5.82 Å². The molecule has 2 N–H and O–H groups in total. The second-order valence-electron chi connectivity index (χ2n) is 8.85. The van der Waals surface area contributed by atoms with Crippen molar-refractivity contribution in [2.24, 2.45) is 0 Å². The molecule has 0 spiro atoms. The van der Waals surface area contributed by atoms with Gasteiger partial charge in [0, 0.05) is 43.6 Å². The number of halogens is 5. The van der Waals surface area contributed by atoms with Crippen LogP contribution in [-0.4, -0.2) is 36.9 Å². The molecule has 2 aliphatic carbocycles. The summed E-state index contributed by atoms with van der Waals surface area (Å²) in [6.45, 7) is 7.43. The first-order valence-electron chi connectivity index (χ1n) is 11.1. The van der Waals surface area contributed by atoms with Crippen molar-refractivity contribution in [1.82, 2.24) is 24.9 Å². The van der Waals surface area contributed by atoms with Crippen LogP contribution in [0.2, 0.25) is 0 Å². The Morgan fingerprint density at radius 1 is 1.00 bits per heavy atom. The van der Waals surface area contributed by atoms with Crippen molar-refractivity contribution in [3.05, 3.63) is 59.3 Å². The van der Waals surface area contributed by atoms with E-state index in [0.29, 0.717) is 24.2 Å². The van der Waals surface area contributed by atoms with Crippen molar-refractivity contribution in [1.29, 1.82) is 0 Å². The maximum Gasteiger partial charge on any atom is 0.433 e. The lowest BCUT2D eigenvalue weighted by atomic mass is 10.1. The number of pyridine rings is 2. The molecule has 3 heterocycles. The SMILES string of the molecule is [C-]#[N+]C1(c2cc(Nc3nc(N[C@@H]4CCC(F)(F)C4)nc(-c4cccc(C(F)(F)F)n4)n3)ccn2)CC1. The monoisotopic (exact) mass is 502 g/mol. The van der Waals surface area contributed by atoms with E-state index in [1.165, 1.54) is 18.3 Å². The molecule has 8 nitrogen and oxygen atoms in total. The van der Waals surface area contributed by atoms with Crippen LogP contribution in [0.4, 0.5) is 39.5 Å². The number of rotatable bonds is 6. The smallest absolute Gasteiger partial charge is 0.351 e. The molecule has 3 aromatic rings. The van der Waals surface area contributed by atoms with Crippen LogP contribution in [0.25, 0.3) is 16.4 Å². The van der Waals surface area contributed by atoms with Crippen molar-refractivity contribution < 1.29 is 22.0 Å². The second kappa shape index (κ2) is 8.61. The Labute approximate surface area is 202 Å². The number of hydrogen-bond acceptors (Lipinski definition) is 7. The lowest BCUT2D eigenvalue weighted by Gasteiger charge is -2.15. The van der Waals surface area contributed by atoms with Gasteiger partial charge >= 0.3 is 6.18 Å². The highest BCUT2D eigenvalue weighted by atomic mass is 19.4. The largest absolute Gasteiger partial charge is 0.433 e. The zero-order valence-electron chi connectivity index (χ0n) is 18.7. The van der Waals surface area contributed by atoms with E-state index in [-0.39, 0.29) is 36.3 Å². The van der Waals surface area contributed by atoms with E-state index in [1.54, 1.807) is 12.1 Å². The summed E-state index contributed by atoms with van der Waals surface area (Å²) in [5.74, 6) is -3.08. The van der Waals surface area contributed by atoms with Gasteiger partial charge in [-0.3, -0.25) is 4.98 Å². The van der Waals surface area contributed by atoms with Crippen molar-refractivity contribution in [2.75, 3.05) is 10.6 Å². The summed E-state index contributed by atoms with van der Waals surface area (Å²) >= 11 is 0. The van der Waals surface area contributed by atoms with Gasteiger partial charge in [0.1, 0.15) is 17.1 Å². The highest BCUT2D eigenvalue weighted by Gasteiger charge is 2.54. The summed E-state index contributed by atoms with van der Waals surface area (Å²) in [6, 6.07) is 6.02. The Morgan fingerprint density at radius 3 is 2.44 bits per heavy atom. The van der Waals surface area contributed by atoms with Gasteiger partial charge in [-0.2, -0.15) is 28.1 Å². The molecule has 2 fully saturated rings. The predicted molar refractivity (Wildman–Crippen MR) is 119 cm³/mol. The molecule has 0 unspecified atom stereocenters. The molecule has 36 heavy (non-hydrogen) atoms. The molecule has 0 saturated heterocycles. The standard InChI is InChI=1S/C23H19F5N8/c1-29-21(8-9-21)17-11-13(6-10-30-17)31-19-34-18(15-3-2-4-16(33-15)23(26,27)28)35-20(36-19)32-14-5-7-22(24,25)12-14/h2-4,6,10-11,14H,5,7-9,12H2,(H2,30,31,32,34,35,36)/t14-/m1/s1. The molecule has 13 heteroatoms. The minimum atomic E-state index is -4.67. The average molecular weight is 502 g/mol. The third-order valence-corrected chi connectivity index (χ3v) is 6.07. The quantitative estimate of drug-likeness (QED) is 0.335. The zero-order chi connectivity index (χ0) is 25.6. The van der Waals surface area contributed by atoms with E-state index in [9.17, 15) is 22.0 Å². The maximum atomic E-state index is 13.7. The number of aromatic nitrogens is 5. The minimum absolute atomic E-state index is 0.0312. The minimum Gasteiger partial charge on any atom is -0.351 e. The fourth-order valence-corrected chi connectivity index (χ4v) is 4.02. The molecule has 0 amide bonds. The van der Waals surface area contributed by atoms with E-state index in [2.05, 4.69) is 40.4 Å². The highest BCUT2D eigenvalue weighted by Crippen LogP contribution is 2.49. The molecular formula is C23H19F5N8. The molecule has 0 radical (unpaired) electrons. The fourth-order valence-electron chi connectivity index (χ4n) is 4.02. The van der Waals surface area contributed by atoms with Gasteiger partial charge < -0.3 is 15.5 Å². The summed E-state index contributed by atoms with van der Waals surface area (Å²) < 4.78 is 67.0. The van der Waals surface area contributed by atoms with E-state index in [4.69, 9.17) is 6.57 Å². The summed E-state index contributed by atoms with van der Waals surface area (Å²) in [4.78, 5) is 24.2. The second-order valence-corrected chi connectivity index (χ2v) is 8.85. The lowest BCUT2D eigenvalue weighted by Crippen LogP contribution is -2.21. The third-order valence-electron chi connectivity index (χ3n) is 6.07. The summed E-state index contributed by atoms with van der Waals surface area (Å²) in [5.41, 5.74) is -0.835. The van der Waals surface area contributed by atoms with Gasteiger partial charge in [-0.15, -0.1) is 0 Å². The number of nitrogens with one attached hydrogen (secondary N) is 2. The van der Waals surface area contributed by atoms with Gasteiger partial charge in [-0.25, -0.2) is 20.3 Å². The molecule has 3 aromatic heterocycles. The number of hydrogen-bond donors (Lipinski definition) is 2. The van der Waals surface area contributed by atoms with Crippen molar-refractivity contribution in [2.45, 2.75) is 55.8 Å². The molecule has 0 aromatic carbocycles. The summed E-state index contributed by atoms with van der Waals surface area (Å²) in [6.07, 6.45) is -2.26. The third kappa shape index (κ3) is 5.02. The average Bonchev–Trinajstić information content (AvgIpc) is 3.56. The van der Waals surface area contributed by atoms with Crippen LogP contribution in [0.3, 0.4) is 0 Å². The Kier molecular flexibility index (Phi) is 5.69. The molecular weight excluding hydrogens is 483 g/mol. The first-order chi connectivity index (χ1) is 17.1.